The predicted octanol–water partition coefficient (Wildman–Crippen LogP) is 8.18. The van der Waals surface area contributed by atoms with Gasteiger partial charge in [-0.3, -0.25) is 55.9 Å². The molecule has 20 nitrogen and oxygen atoms in total. The van der Waals surface area contributed by atoms with E-state index in [-0.39, 0.29) is 53.5 Å². The fourth-order valence-electron chi connectivity index (χ4n) is 11.6. The molecule has 0 unspecified atom stereocenters. The van der Waals surface area contributed by atoms with Crippen LogP contribution in [-0.4, -0.2) is 68.9 Å². The van der Waals surface area contributed by atoms with Crippen molar-refractivity contribution in [2.24, 2.45) is 17.3 Å². The van der Waals surface area contributed by atoms with Crippen LogP contribution in [0, 0.1) is 31.1 Å². The molecule has 0 saturated heterocycles. The van der Waals surface area contributed by atoms with Gasteiger partial charge in [0, 0.05) is 45.0 Å². The molecule has 0 aliphatic heterocycles. The van der Waals surface area contributed by atoms with E-state index in [1.54, 1.807) is 26.2 Å². The van der Waals surface area contributed by atoms with Gasteiger partial charge in [-0.1, -0.05) is 86.3 Å². The smallest absolute Gasteiger partial charge is 0.332 e. The molecule has 0 spiro atoms. The minimum absolute atomic E-state index is 0.151. The number of aromatic nitrogens is 12. The highest BCUT2D eigenvalue weighted by Crippen LogP contribution is 2.51. The normalized spacial score (nSPS) is 16.9. The Labute approximate surface area is 457 Å². The Morgan fingerprint density at radius 2 is 1.08 bits per heavy atom. The van der Waals surface area contributed by atoms with E-state index in [4.69, 9.17) is 19.4 Å². The van der Waals surface area contributed by atoms with Crippen molar-refractivity contribution < 1.29 is 19.1 Å². The zero-order chi connectivity index (χ0) is 55.5. The Kier molecular flexibility index (Phi) is 16.0. The van der Waals surface area contributed by atoms with Gasteiger partial charge in [0.2, 0.25) is 0 Å². The van der Waals surface area contributed by atoms with Crippen LogP contribution in [-0.2, 0) is 71.8 Å². The summed E-state index contributed by atoms with van der Waals surface area (Å²) in [6.45, 7) is 13.8. The van der Waals surface area contributed by atoms with Gasteiger partial charge in [0.05, 0.1) is 42.0 Å². The number of imidazole rings is 2. The standard InChI is InChI=1S/C31H38N6O4.C28H34N6O4/c1-4-15-36-28(38)25-27(35(5-2)30(36)40)33-26(24-17-32-34(19-24)18-23-8-6-7-21(3)16-23)37(25)20-41-29(39)31-12-9-22(10-13-31)11-14-31;1-4-13-33-27(36)24-26(32(5-2)28(33)37)30-25(34(24)18-38-23(35)12-11-20-9-10-20)22-15-29-31(17-22)16-21-8-6-7-19(3)14-21/h6-8,16-17,19,22H,4-5,9-15,18,20H2,1-3H3;6-8,14-15,17,20H,4-5,9-13,16,18H2,1-3H3. The molecule has 0 atom stereocenters. The molecule has 4 fully saturated rings. The Morgan fingerprint density at radius 3 is 1.51 bits per heavy atom. The Balaban J connectivity index is 0.000000179. The molecule has 4 saturated carbocycles. The summed E-state index contributed by atoms with van der Waals surface area (Å²) in [5.41, 5.74) is 4.94. The lowest BCUT2D eigenvalue weighted by Gasteiger charge is -2.44. The van der Waals surface area contributed by atoms with E-state index >= 15 is 0 Å². The van der Waals surface area contributed by atoms with E-state index in [9.17, 15) is 28.8 Å². The second-order valence-electron chi connectivity index (χ2n) is 21.8. The van der Waals surface area contributed by atoms with Gasteiger partial charge < -0.3 is 9.47 Å². The molecule has 4 aliphatic rings. The third kappa shape index (κ3) is 11.2. The fraction of sp³-hybridized carbons (Fsp3) is 0.492. The summed E-state index contributed by atoms with van der Waals surface area (Å²) in [4.78, 5) is 89.2. The van der Waals surface area contributed by atoms with E-state index in [0.717, 1.165) is 62.0 Å². The number of fused-ring (bicyclic) bond motifs is 5. The summed E-state index contributed by atoms with van der Waals surface area (Å²) in [6, 6.07) is 16.4. The lowest BCUT2D eigenvalue weighted by molar-refractivity contribution is -0.166. The molecule has 4 aliphatic carbocycles. The predicted molar refractivity (Wildman–Crippen MR) is 299 cm³/mol. The Bertz CT molecular complexity index is 3780. The van der Waals surface area contributed by atoms with Crippen molar-refractivity contribution in [3.05, 3.63) is 137 Å². The lowest BCUT2D eigenvalue weighted by Crippen LogP contribution is -2.42. The average molecular weight is 1080 g/mol. The van der Waals surface area contributed by atoms with Crippen molar-refractivity contribution in [3.8, 4) is 22.8 Å². The minimum atomic E-state index is -0.434. The van der Waals surface area contributed by atoms with Gasteiger partial charge in [0.15, 0.2) is 35.8 Å². The van der Waals surface area contributed by atoms with Crippen molar-refractivity contribution in [1.29, 1.82) is 0 Å². The van der Waals surface area contributed by atoms with Crippen molar-refractivity contribution in [2.75, 3.05) is 0 Å². The minimum Gasteiger partial charge on any atom is -0.444 e. The van der Waals surface area contributed by atoms with Crippen LogP contribution < -0.4 is 22.5 Å². The first-order valence-corrected chi connectivity index (χ1v) is 28.2. The third-order valence-corrected chi connectivity index (χ3v) is 16.1. The number of aryl methyl sites for hydroxylation is 4. The second kappa shape index (κ2) is 23.2. The molecule has 6 heterocycles. The second-order valence-corrected chi connectivity index (χ2v) is 21.8. The maximum absolute atomic E-state index is 13.8. The highest BCUT2D eigenvalue weighted by atomic mass is 16.5. The molecular weight excluding hydrogens is 1000 g/mol. The van der Waals surface area contributed by atoms with Crippen LogP contribution >= 0.6 is 0 Å². The van der Waals surface area contributed by atoms with Crippen LogP contribution in [0.25, 0.3) is 45.1 Å². The van der Waals surface area contributed by atoms with Crippen LogP contribution in [0.1, 0.15) is 127 Å². The maximum atomic E-state index is 13.8. The molecule has 8 aromatic rings. The zero-order valence-corrected chi connectivity index (χ0v) is 46.4. The summed E-state index contributed by atoms with van der Waals surface area (Å²) in [5.74, 6) is 1.72. The Hall–Kier alpha value is -7.90. The molecule has 79 heavy (non-hydrogen) atoms. The third-order valence-electron chi connectivity index (χ3n) is 16.1. The number of esters is 2. The number of hydrogen-bond acceptors (Lipinski definition) is 12. The van der Waals surface area contributed by atoms with Crippen LogP contribution in [0.4, 0.5) is 0 Å². The highest BCUT2D eigenvalue weighted by molar-refractivity contribution is 5.79. The highest BCUT2D eigenvalue weighted by Gasteiger charge is 2.47. The lowest BCUT2D eigenvalue weighted by atomic mass is 9.61. The number of carbonyl (C=O) groups is 2. The van der Waals surface area contributed by atoms with E-state index < -0.39 is 16.5 Å². The number of hydrogen-bond donors (Lipinski definition) is 0. The largest absolute Gasteiger partial charge is 0.444 e. The van der Waals surface area contributed by atoms with Crippen LogP contribution in [0.5, 0.6) is 0 Å². The molecule has 0 N–H and O–H groups in total. The molecule has 12 rings (SSSR count). The van der Waals surface area contributed by atoms with Crippen molar-refractivity contribution >= 4 is 34.3 Å². The summed E-state index contributed by atoms with van der Waals surface area (Å²) in [6.07, 6.45) is 17.7. The van der Waals surface area contributed by atoms with Crippen LogP contribution in [0.3, 0.4) is 0 Å². The first-order valence-electron chi connectivity index (χ1n) is 28.2. The summed E-state index contributed by atoms with van der Waals surface area (Å²) in [5, 5.41) is 9.07. The van der Waals surface area contributed by atoms with E-state index in [1.165, 1.54) is 42.2 Å². The van der Waals surface area contributed by atoms with Gasteiger partial charge in [-0.15, -0.1) is 0 Å². The first kappa shape index (κ1) is 54.5. The quantitative estimate of drug-likeness (QED) is 0.0662. The molecule has 2 bridgehead atoms. The molecule has 6 aromatic heterocycles. The van der Waals surface area contributed by atoms with Crippen LogP contribution in [0.15, 0.2) is 92.5 Å². The van der Waals surface area contributed by atoms with Crippen molar-refractivity contribution in [2.45, 2.75) is 171 Å². The van der Waals surface area contributed by atoms with E-state index in [0.29, 0.717) is 92.9 Å². The van der Waals surface area contributed by atoms with Crippen LogP contribution in [0.2, 0.25) is 0 Å². The van der Waals surface area contributed by atoms with Gasteiger partial charge in [0.1, 0.15) is 11.6 Å². The molecule has 0 amide bonds. The van der Waals surface area contributed by atoms with Crippen molar-refractivity contribution in [1.82, 2.24) is 56.9 Å². The SMILES string of the molecule is CCCn1c(=O)c2c(nc(-c3cnn(Cc4cccc(C)c4)c3)n2COC(=O)C23CCC(CC2)CC3)n(CC)c1=O.CCCn1c(=O)c2c(nc(-c3cnn(Cc4cccc(C)c4)c3)n2COC(=O)CCC2CC2)n(CC)c1=O. The Morgan fingerprint density at radius 1 is 0.608 bits per heavy atom. The topological polar surface area (TPSA) is 212 Å². The average Bonchev–Trinajstić information content (AvgIpc) is 4.02. The molecular formula is C59H72N12O8. The maximum Gasteiger partial charge on any atom is 0.332 e. The number of nitrogens with zero attached hydrogens (tertiary/aromatic N) is 12. The zero-order valence-electron chi connectivity index (χ0n) is 46.4. The first-order chi connectivity index (χ1) is 38.2. The monoisotopic (exact) mass is 1080 g/mol. The van der Waals surface area contributed by atoms with Crippen molar-refractivity contribution in [3.63, 3.8) is 0 Å². The van der Waals surface area contributed by atoms with Gasteiger partial charge >= 0.3 is 23.3 Å². The fourth-order valence-corrected chi connectivity index (χ4v) is 11.6. The number of ether oxygens (including phenoxy) is 2. The van der Waals surface area contributed by atoms with Gasteiger partial charge in [-0.25, -0.2) is 19.6 Å². The van der Waals surface area contributed by atoms with Gasteiger partial charge in [0.25, 0.3) is 11.1 Å². The van der Waals surface area contributed by atoms with Gasteiger partial charge in [-0.05, 0) is 108 Å². The summed E-state index contributed by atoms with van der Waals surface area (Å²) >= 11 is 0. The van der Waals surface area contributed by atoms with E-state index in [1.807, 2.05) is 76.0 Å². The molecule has 0 radical (unpaired) electrons. The number of carbonyl (C=O) groups excluding carboxylic acids is 2. The van der Waals surface area contributed by atoms with E-state index in [2.05, 4.69) is 41.4 Å². The molecule has 20 heteroatoms. The number of rotatable bonds is 20. The summed E-state index contributed by atoms with van der Waals surface area (Å²) < 4.78 is 24.1. The molecule has 416 valence electrons. The summed E-state index contributed by atoms with van der Waals surface area (Å²) in [7, 11) is 0. The molecule has 2 aromatic carbocycles. The van der Waals surface area contributed by atoms with Gasteiger partial charge in [-0.2, -0.15) is 10.2 Å². The number of benzene rings is 2.